The molecule has 0 spiro atoms. The fraction of sp³-hybridized carbons (Fsp3) is 0.714. The molecule has 5 nitrogen and oxygen atoms in total. The maximum Gasteiger partial charge on any atom is 0.287 e. The van der Waals surface area contributed by atoms with Crippen molar-refractivity contribution in [2.24, 2.45) is 11.8 Å². The van der Waals surface area contributed by atoms with E-state index in [1.165, 1.54) is 5.01 Å². The lowest BCUT2D eigenvalue weighted by molar-refractivity contribution is -0.121. The lowest BCUT2D eigenvalue weighted by atomic mass is 10.2. The van der Waals surface area contributed by atoms with Crippen LogP contribution in [0.5, 0.6) is 0 Å². The third kappa shape index (κ3) is 2.68. The molecule has 0 saturated carbocycles. The molecule has 0 aromatic heterocycles. The number of thioether (sulfide) groups is 1. The second kappa shape index (κ2) is 4.08. The fourth-order valence-corrected chi connectivity index (χ4v) is 1.83. The second-order valence-corrected chi connectivity index (χ2v) is 4.39. The van der Waals surface area contributed by atoms with Crippen LogP contribution in [-0.4, -0.2) is 28.1 Å². The van der Waals surface area contributed by atoms with Crippen molar-refractivity contribution < 1.29 is 9.59 Å². The molecule has 0 radical (unpaired) electrons. The van der Waals surface area contributed by atoms with Crippen LogP contribution in [0.1, 0.15) is 13.8 Å². The maximum absolute atomic E-state index is 11.1. The van der Waals surface area contributed by atoms with E-state index in [4.69, 9.17) is 5.84 Å². The molecular formula is C7H13N3O2S. The Balaban J connectivity index is 2.52. The molecule has 0 bridgehead atoms. The molecule has 1 atom stereocenters. The van der Waals surface area contributed by atoms with E-state index in [1.807, 2.05) is 13.8 Å². The zero-order valence-electron chi connectivity index (χ0n) is 7.61. The number of carbonyl (C=O) groups excluding carboxylic acids is 2. The Morgan fingerprint density at radius 2 is 2.23 bits per heavy atom. The van der Waals surface area contributed by atoms with Crippen LogP contribution in [0.25, 0.3) is 0 Å². The van der Waals surface area contributed by atoms with E-state index in [0.29, 0.717) is 12.5 Å². The third-order valence-electron chi connectivity index (χ3n) is 1.55. The molecule has 1 fully saturated rings. The molecule has 13 heavy (non-hydrogen) atoms. The third-order valence-corrected chi connectivity index (χ3v) is 2.57. The van der Waals surface area contributed by atoms with Gasteiger partial charge in [-0.15, -0.1) is 0 Å². The standard InChI is InChI=1S/C7H13N3O2S/c1-4(2)3-10(8)6-5(11)9-7(12)13-6/h4,6H,3,8H2,1-2H3,(H,9,11,12). The van der Waals surface area contributed by atoms with E-state index in [1.54, 1.807) is 0 Å². The number of nitrogens with two attached hydrogens (primary N) is 1. The van der Waals surface area contributed by atoms with Crippen molar-refractivity contribution in [2.45, 2.75) is 19.2 Å². The summed E-state index contributed by atoms with van der Waals surface area (Å²) in [4.78, 5) is 21.9. The number of nitrogens with zero attached hydrogens (tertiary/aromatic N) is 1. The highest BCUT2D eigenvalue weighted by molar-refractivity contribution is 8.15. The molecule has 1 rings (SSSR count). The van der Waals surface area contributed by atoms with Crippen LogP contribution in [0.3, 0.4) is 0 Å². The summed E-state index contributed by atoms with van der Waals surface area (Å²) < 4.78 is 0. The molecular weight excluding hydrogens is 190 g/mol. The van der Waals surface area contributed by atoms with Crippen LogP contribution in [0.4, 0.5) is 4.79 Å². The number of hydrogen-bond acceptors (Lipinski definition) is 5. The Bertz CT molecular complexity index is 232. The van der Waals surface area contributed by atoms with Gasteiger partial charge in [0.2, 0.25) is 0 Å². The monoisotopic (exact) mass is 203 g/mol. The Hall–Kier alpha value is -0.590. The summed E-state index contributed by atoms with van der Waals surface area (Å²) in [6.45, 7) is 4.59. The van der Waals surface area contributed by atoms with Gasteiger partial charge in [0.05, 0.1) is 0 Å². The molecule has 0 aromatic carbocycles. The number of nitrogens with one attached hydrogen (secondary N) is 1. The second-order valence-electron chi connectivity index (χ2n) is 3.34. The summed E-state index contributed by atoms with van der Waals surface area (Å²) in [5.74, 6) is 5.68. The van der Waals surface area contributed by atoms with Crippen LogP contribution < -0.4 is 11.2 Å². The first kappa shape index (κ1) is 10.5. The molecule has 3 N–H and O–H groups in total. The van der Waals surface area contributed by atoms with Crippen molar-refractivity contribution >= 4 is 22.9 Å². The van der Waals surface area contributed by atoms with Crippen LogP contribution in [0.15, 0.2) is 0 Å². The molecule has 1 aliphatic heterocycles. The Labute approximate surface area is 81.0 Å². The van der Waals surface area contributed by atoms with Gasteiger partial charge in [-0.3, -0.25) is 20.7 Å². The number of amides is 2. The van der Waals surface area contributed by atoms with E-state index in [9.17, 15) is 9.59 Å². The van der Waals surface area contributed by atoms with Gasteiger partial charge in [0.25, 0.3) is 11.1 Å². The summed E-state index contributed by atoms with van der Waals surface area (Å²) in [6.07, 6.45) is 0. The van der Waals surface area contributed by atoms with Crippen molar-refractivity contribution in [3.8, 4) is 0 Å². The summed E-state index contributed by atoms with van der Waals surface area (Å²) in [7, 11) is 0. The van der Waals surface area contributed by atoms with Gasteiger partial charge in [0, 0.05) is 6.54 Å². The minimum absolute atomic E-state index is 0.321. The van der Waals surface area contributed by atoms with Gasteiger partial charge >= 0.3 is 0 Å². The minimum Gasteiger partial charge on any atom is -0.285 e. The van der Waals surface area contributed by atoms with E-state index >= 15 is 0 Å². The number of hydrazine groups is 1. The van der Waals surface area contributed by atoms with Gasteiger partial charge in [0.1, 0.15) is 0 Å². The molecule has 2 amide bonds. The van der Waals surface area contributed by atoms with Gasteiger partial charge in [-0.05, 0) is 17.7 Å². The maximum atomic E-state index is 11.1. The van der Waals surface area contributed by atoms with Crippen molar-refractivity contribution in [3.05, 3.63) is 0 Å². The SMILES string of the molecule is CC(C)CN(N)C1SC(=O)NC1=O. The lowest BCUT2D eigenvalue weighted by Gasteiger charge is -2.21. The number of carbonyl (C=O) groups is 2. The van der Waals surface area contributed by atoms with Crippen LogP contribution in [-0.2, 0) is 4.79 Å². The quantitative estimate of drug-likeness (QED) is 0.503. The van der Waals surface area contributed by atoms with E-state index in [2.05, 4.69) is 5.32 Å². The normalized spacial score (nSPS) is 23.0. The van der Waals surface area contributed by atoms with Gasteiger partial charge in [-0.2, -0.15) is 0 Å². The molecule has 0 aliphatic carbocycles. The van der Waals surface area contributed by atoms with Crippen LogP contribution >= 0.6 is 11.8 Å². The zero-order chi connectivity index (χ0) is 10.0. The first-order chi connectivity index (χ1) is 6.00. The molecule has 1 heterocycles. The van der Waals surface area contributed by atoms with E-state index in [-0.39, 0.29) is 11.1 Å². The molecule has 1 aliphatic rings. The highest BCUT2D eigenvalue weighted by atomic mass is 32.2. The first-order valence-corrected chi connectivity index (χ1v) is 4.91. The first-order valence-electron chi connectivity index (χ1n) is 4.03. The largest absolute Gasteiger partial charge is 0.287 e. The van der Waals surface area contributed by atoms with E-state index in [0.717, 1.165) is 11.8 Å². The zero-order valence-corrected chi connectivity index (χ0v) is 8.43. The van der Waals surface area contributed by atoms with Gasteiger partial charge < -0.3 is 0 Å². The highest BCUT2D eigenvalue weighted by Crippen LogP contribution is 2.20. The minimum atomic E-state index is -0.560. The number of hydrogen-bond donors (Lipinski definition) is 2. The van der Waals surface area contributed by atoms with Crippen LogP contribution in [0, 0.1) is 5.92 Å². The summed E-state index contributed by atoms with van der Waals surface area (Å²) >= 11 is 0.925. The topological polar surface area (TPSA) is 75.4 Å². The van der Waals surface area contributed by atoms with Gasteiger partial charge in [-0.25, -0.2) is 5.01 Å². The Kier molecular flexibility index (Phi) is 3.29. The predicted octanol–water partition coefficient (Wildman–Crippen LogP) is 0.127. The predicted molar refractivity (Wildman–Crippen MR) is 50.6 cm³/mol. The van der Waals surface area contributed by atoms with Crippen molar-refractivity contribution in [1.82, 2.24) is 10.3 Å². The van der Waals surface area contributed by atoms with Crippen molar-refractivity contribution in [3.63, 3.8) is 0 Å². The van der Waals surface area contributed by atoms with Gasteiger partial charge in [-0.1, -0.05) is 13.8 Å². The van der Waals surface area contributed by atoms with Crippen molar-refractivity contribution in [1.29, 1.82) is 0 Å². The molecule has 1 unspecified atom stereocenters. The fourth-order valence-electron chi connectivity index (χ4n) is 1.08. The van der Waals surface area contributed by atoms with Crippen molar-refractivity contribution in [2.75, 3.05) is 6.54 Å². The van der Waals surface area contributed by atoms with Crippen LogP contribution in [0.2, 0.25) is 0 Å². The molecule has 0 aromatic rings. The average Bonchev–Trinajstić information content (AvgIpc) is 2.28. The summed E-state index contributed by atoms with van der Waals surface area (Å²) in [5.41, 5.74) is 0. The lowest BCUT2D eigenvalue weighted by Crippen LogP contribution is -2.45. The average molecular weight is 203 g/mol. The molecule has 74 valence electrons. The Morgan fingerprint density at radius 1 is 1.62 bits per heavy atom. The summed E-state index contributed by atoms with van der Waals surface area (Å²) in [5, 5.41) is 2.70. The number of rotatable bonds is 3. The smallest absolute Gasteiger partial charge is 0.285 e. The molecule has 6 heteroatoms. The Morgan fingerprint density at radius 3 is 2.62 bits per heavy atom. The van der Waals surface area contributed by atoms with Gasteiger partial charge in [0.15, 0.2) is 5.37 Å². The number of imide groups is 1. The summed E-state index contributed by atoms with van der Waals surface area (Å²) in [6, 6.07) is 0. The molecule has 1 saturated heterocycles. The highest BCUT2D eigenvalue weighted by Gasteiger charge is 2.35. The van der Waals surface area contributed by atoms with E-state index < -0.39 is 5.37 Å².